The van der Waals surface area contributed by atoms with Crippen molar-refractivity contribution in [2.45, 2.75) is 25.8 Å². The summed E-state index contributed by atoms with van der Waals surface area (Å²) in [4.78, 5) is 39.9. The molecule has 11 heteroatoms. The van der Waals surface area contributed by atoms with Gasteiger partial charge in [-0.3, -0.25) is 9.69 Å². The first-order valence-electron chi connectivity index (χ1n) is 11.8. The minimum Gasteiger partial charge on any atom is -0.370 e. The summed E-state index contributed by atoms with van der Waals surface area (Å²) < 4.78 is 14.7. The van der Waals surface area contributed by atoms with Crippen LogP contribution in [0.3, 0.4) is 0 Å². The number of carbonyl (C=O) groups is 1. The molecule has 5 rings (SSSR count). The zero-order valence-corrected chi connectivity index (χ0v) is 19.6. The summed E-state index contributed by atoms with van der Waals surface area (Å²) in [6.45, 7) is 6.35. The van der Waals surface area contributed by atoms with Crippen molar-refractivity contribution in [2.75, 3.05) is 49.1 Å². The summed E-state index contributed by atoms with van der Waals surface area (Å²) in [7, 11) is 0. The minimum atomic E-state index is -0.313. The van der Waals surface area contributed by atoms with Gasteiger partial charge < -0.3 is 15.5 Å². The van der Waals surface area contributed by atoms with Gasteiger partial charge in [0.15, 0.2) is 11.6 Å². The van der Waals surface area contributed by atoms with Crippen LogP contribution in [-0.4, -0.2) is 75.0 Å². The zero-order valence-electron chi connectivity index (χ0n) is 19.6. The normalized spacial score (nSPS) is 18.4. The van der Waals surface area contributed by atoms with Gasteiger partial charge in [-0.2, -0.15) is 0 Å². The maximum Gasteiger partial charge on any atom is 0.218 e. The molecule has 2 aliphatic rings. The Balaban J connectivity index is 1.32. The van der Waals surface area contributed by atoms with E-state index in [-0.39, 0.29) is 17.8 Å². The minimum absolute atomic E-state index is 0.0581. The van der Waals surface area contributed by atoms with Crippen LogP contribution in [0, 0.1) is 5.82 Å². The quantitative estimate of drug-likeness (QED) is 0.565. The predicted octanol–water partition coefficient (Wildman–Crippen LogP) is 1.59. The Morgan fingerprint density at radius 3 is 2.51 bits per heavy atom. The maximum absolute atomic E-state index is 14.7. The standard InChI is InChI=1S/C24H28FN9O/c1-16-18-15-29-24(23-27-5-2-6-28-23)30-19(18)3-8-34(16)22-14-17(25)13-21(31-22)33-11-9-32(10-12-33)7-4-20(26)35/h2,5-6,13-16H,3-4,7-12H2,1H3,(H2,26,35). The molecule has 2 N–H and O–H groups in total. The number of piperazine rings is 1. The number of anilines is 2. The molecule has 2 aliphatic heterocycles. The monoisotopic (exact) mass is 477 g/mol. The fourth-order valence-corrected chi connectivity index (χ4v) is 4.65. The van der Waals surface area contributed by atoms with Gasteiger partial charge in [-0.25, -0.2) is 29.3 Å². The van der Waals surface area contributed by atoms with Crippen molar-refractivity contribution in [1.82, 2.24) is 29.8 Å². The van der Waals surface area contributed by atoms with Crippen LogP contribution in [0.2, 0.25) is 0 Å². The number of fused-ring (bicyclic) bond motifs is 1. The number of pyridine rings is 1. The number of nitrogens with zero attached hydrogens (tertiary/aromatic N) is 8. The molecule has 0 radical (unpaired) electrons. The van der Waals surface area contributed by atoms with E-state index >= 15 is 0 Å². The van der Waals surface area contributed by atoms with Crippen molar-refractivity contribution in [2.24, 2.45) is 5.73 Å². The molecule has 1 saturated heterocycles. The van der Waals surface area contributed by atoms with Crippen LogP contribution in [0.25, 0.3) is 11.6 Å². The number of carbonyl (C=O) groups excluding carboxylic acids is 1. The van der Waals surface area contributed by atoms with Crippen molar-refractivity contribution in [3.63, 3.8) is 0 Å². The van der Waals surface area contributed by atoms with Crippen LogP contribution in [-0.2, 0) is 11.2 Å². The third-order valence-electron chi connectivity index (χ3n) is 6.60. The molecule has 1 fully saturated rings. The van der Waals surface area contributed by atoms with Crippen molar-refractivity contribution < 1.29 is 9.18 Å². The van der Waals surface area contributed by atoms with Crippen LogP contribution in [0.15, 0.2) is 36.8 Å². The van der Waals surface area contributed by atoms with Crippen molar-refractivity contribution >= 4 is 17.5 Å². The second kappa shape index (κ2) is 9.87. The topological polar surface area (TPSA) is 117 Å². The van der Waals surface area contributed by atoms with E-state index in [0.29, 0.717) is 62.3 Å². The van der Waals surface area contributed by atoms with E-state index in [0.717, 1.165) is 24.3 Å². The molecule has 10 nitrogen and oxygen atoms in total. The van der Waals surface area contributed by atoms with Crippen LogP contribution in [0.5, 0.6) is 0 Å². The first-order chi connectivity index (χ1) is 17.0. The summed E-state index contributed by atoms with van der Waals surface area (Å²) in [5.41, 5.74) is 7.21. The molecule has 0 spiro atoms. The molecular formula is C24H28FN9O. The van der Waals surface area contributed by atoms with Gasteiger partial charge in [-0.1, -0.05) is 0 Å². The number of nitrogens with two attached hydrogens (primary N) is 1. The molecule has 5 heterocycles. The zero-order chi connectivity index (χ0) is 24.4. The van der Waals surface area contributed by atoms with Crippen LogP contribution in [0.4, 0.5) is 16.0 Å². The van der Waals surface area contributed by atoms with E-state index in [1.165, 1.54) is 12.1 Å². The third-order valence-corrected chi connectivity index (χ3v) is 6.60. The Kier molecular flexibility index (Phi) is 6.49. The lowest BCUT2D eigenvalue weighted by atomic mass is 9.99. The highest BCUT2D eigenvalue weighted by Crippen LogP contribution is 2.33. The Morgan fingerprint density at radius 1 is 1.03 bits per heavy atom. The molecular weight excluding hydrogens is 449 g/mol. The number of halogens is 1. The molecule has 0 aliphatic carbocycles. The molecule has 1 amide bonds. The average Bonchev–Trinajstić information content (AvgIpc) is 2.88. The number of rotatable bonds is 6. The van der Waals surface area contributed by atoms with E-state index < -0.39 is 0 Å². The third kappa shape index (κ3) is 5.04. The van der Waals surface area contributed by atoms with Gasteiger partial charge in [0, 0.05) is 88.4 Å². The largest absolute Gasteiger partial charge is 0.370 e. The highest BCUT2D eigenvalue weighted by atomic mass is 19.1. The molecule has 1 atom stereocenters. The van der Waals surface area contributed by atoms with Crippen molar-refractivity contribution in [1.29, 1.82) is 0 Å². The second-order valence-electron chi connectivity index (χ2n) is 8.83. The molecule has 0 saturated carbocycles. The highest BCUT2D eigenvalue weighted by Gasteiger charge is 2.28. The van der Waals surface area contributed by atoms with Crippen molar-refractivity contribution in [3.8, 4) is 11.6 Å². The number of amides is 1. The maximum atomic E-state index is 14.7. The SMILES string of the molecule is CC1c2cnc(-c3ncccn3)nc2CCN1c1cc(F)cc(N2CCN(CCC(N)=O)CC2)n1. The predicted molar refractivity (Wildman–Crippen MR) is 129 cm³/mol. The number of hydrogen-bond donors (Lipinski definition) is 1. The highest BCUT2D eigenvalue weighted by molar-refractivity contribution is 5.73. The van der Waals surface area contributed by atoms with E-state index in [4.69, 9.17) is 15.7 Å². The Labute approximate surface area is 203 Å². The van der Waals surface area contributed by atoms with E-state index in [2.05, 4.69) is 36.6 Å². The number of primary amides is 1. The van der Waals surface area contributed by atoms with Gasteiger partial charge in [-0.05, 0) is 13.0 Å². The van der Waals surface area contributed by atoms with Gasteiger partial charge in [-0.15, -0.1) is 0 Å². The summed E-state index contributed by atoms with van der Waals surface area (Å²) in [6, 6.07) is 4.67. The van der Waals surface area contributed by atoms with Gasteiger partial charge in [0.1, 0.15) is 17.5 Å². The summed E-state index contributed by atoms with van der Waals surface area (Å²) >= 11 is 0. The van der Waals surface area contributed by atoms with Crippen molar-refractivity contribution in [3.05, 3.63) is 53.9 Å². The first-order valence-corrected chi connectivity index (χ1v) is 11.8. The lowest BCUT2D eigenvalue weighted by Crippen LogP contribution is -2.47. The molecule has 0 aromatic carbocycles. The van der Waals surface area contributed by atoms with Gasteiger partial charge in [0.05, 0.1) is 11.7 Å². The van der Waals surface area contributed by atoms with Gasteiger partial charge in [0.25, 0.3) is 0 Å². The molecule has 0 bridgehead atoms. The Morgan fingerprint density at radius 2 is 1.77 bits per heavy atom. The van der Waals surface area contributed by atoms with Crippen LogP contribution >= 0.6 is 0 Å². The average molecular weight is 478 g/mol. The molecule has 182 valence electrons. The Hall–Kier alpha value is -3.73. The van der Waals surface area contributed by atoms with Gasteiger partial charge >= 0.3 is 0 Å². The van der Waals surface area contributed by atoms with Crippen LogP contribution in [0.1, 0.15) is 30.6 Å². The lowest BCUT2D eigenvalue weighted by molar-refractivity contribution is -0.118. The number of hydrogen-bond acceptors (Lipinski definition) is 9. The summed E-state index contributed by atoms with van der Waals surface area (Å²) in [5, 5.41) is 0. The fraction of sp³-hybridized carbons (Fsp3) is 0.417. The molecule has 3 aromatic heterocycles. The lowest BCUT2D eigenvalue weighted by Gasteiger charge is -2.37. The number of aromatic nitrogens is 5. The van der Waals surface area contributed by atoms with Gasteiger partial charge in [0.2, 0.25) is 5.91 Å². The second-order valence-corrected chi connectivity index (χ2v) is 8.83. The smallest absolute Gasteiger partial charge is 0.218 e. The van der Waals surface area contributed by atoms with E-state index in [1.54, 1.807) is 18.5 Å². The van der Waals surface area contributed by atoms with E-state index in [1.807, 2.05) is 6.20 Å². The summed E-state index contributed by atoms with van der Waals surface area (Å²) in [5.74, 6) is 1.62. The van der Waals surface area contributed by atoms with E-state index in [9.17, 15) is 9.18 Å². The fourth-order valence-electron chi connectivity index (χ4n) is 4.65. The molecule has 1 unspecified atom stereocenters. The molecule has 35 heavy (non-hydrogen) atoms. The first kappa shape index (κ1) is 23.0. The summed E-state index contributed by atoms with van der Waals surface area (Å²) in [6.07, 6.45) is 6.19. The molecule has 3 aromatic rings. The van der Waals surface area contributed by atoms with Crippen LogP contribution < -0.4 is 15.5 Å². The Bertz CT molecular complexity index is 1200.